The minimum Gasteiger partial charge on any atom is -0.511 e. The summed E-state index contributed by atoms with van der Waals surface area (Å²) in [5.41, 5.74) is 0. The van der Waals surface area contributed by atoms with E-state index in [0.717, 1.165) is 0 Å². The summed E-state index contributed by atoms with van der Waals surface area (Å²) in [5, 5.41) is 11.4. The molecule has 0 aliphatic carbocycles. The molecule has 0 saturated carbocycles. The third kappa shape index (κ3) is 4.25. The van der Waals surface area contributed by atoms with Crippen LogP contribution < -0.4 is 5.32 Å². The van der Waals surface area contributed by atoms with Crippen LogP contribution in [-0.4, -0.2) is 18.2 Å². The fourth-order valence-electron chi connectivity index (χ4n) is 0.167. The zero-order chi connectivity index (χ0) is 5.86. The van der Waals surface area contributed by atoms with Crippen LogP contribution in [0.4, 0.5) is 0 Å². The van der Waals surface area contributed by atoms with Crippen LogP contribution in [-0.2, 0) is 18.6 Å². The zero-order valence-electron chi connectivity index (χ0n) is 5.18. The molecule has 47 valence electrons. The van der Waals surface area contributed by atoms with Gasteiger partial charge < -0.3 is 10.4 Å². The normalized spacial score (nSPS) is 11.8. The van der Waals surface area contributed by atoms with Gasteiger partial charge in [-0.15, -0.1) is 0 Å². The van der Waals surface area contributed by atoms with E-state index >= 15 is 0 Å². The molecule has 0 saturated heterocycles. The van der Waals surface area contributed by atoms with Crippen molar-refractivity contribution < 1.29 is 23.7 Å². The molecule has 0 amide bonds. The molecule has 3 heteroatoms. The van der Waals surface area contributed by atoms with Gasteiger partial charge in [0.1, 0.15) is 5.76 Å². The van der Waals surface area contributed by atoms with Gasteiger partial charge in [-0.05, 0) is 14.0 Å². The second kappa shape index (κ2) is 5.23. The van der Waals surface area contributed by atoms with Gasteiger partial charge in [-0.2, -0.15) is 0 Å². The summed E-state index contributed by atoms with van der Waals surface area (Å²) < 4.78 is 0. The van der Waals surface area contributed by atoms with Crippen LogP contribution in [0.15, 0.2) is 12.3 Å². The van der Waals surface area contributed by atoms with Gasteiger partial charge >= 0.3 is 0 Å². The third-order valence-electron chi connectivity index (χ3n) is 0.933. The van der Waals surface area contributed by atoms with Crippen molar-refractivity contribution in [2.45, 2.75) is 13.0 Å². The molecule has 0 rings (SSSR count). The summed E-state index contributed by atoms with van der Waals surface area (Å²) in [6.07, 6.45) is 0. The number of hydrogen-bond donors (Lipinski definition) is 2. The zero-order valence-corrected chi connectivity index (χ0v) is 6.58. The molecule has 2 N–H and O–H groups in total. The van der Waals surface area contributed by atoms with E-state index in [1.54, 1.807) is 7.05 Å². The van der Waals surface area contributed by atoms with Crippen LogP contribution >= 0.6 is 0 Å². The molecule has 0 aliphatic rings. The number of aliphatic hydroxyl groups is 1. The average molecular weight is 152 g/mol. The molecule has 1 atom stereocenters. The molecule has 0 heterocycles. The van der Waals surface area contributed by atoms with Crippen LogP contribution in [0.1, 0.15) is 6.92 Å². The standard InChI is InChI=1S/C5H11NO.V/c1-4(6-3)5(2)7;/h4,6-7H,2H2,1,3H3;/t4-;/m0./s1. The monoisotopic (exact) mass is 152 g/mol. The van der Waals surface area contributed by atoms with Gasteiger partial charge in [0.05, 0.1) is 6.04 Å². The molecule has 1 radical (unpaired) electrons. The summed E-state index contributed by atoms with van der Waals surface area (Å²) in [6, 6.07) is 0.0139. The molecule has 0 aromatic carbocycles. The van der Waals surface area contributed by atoms with Crippen LogP contribution in [0, 0.1) is 0 Å². The first-order chi connectivity index (χ1) is 3.18. The van der Waals surface area contributed by atoms with Crippen LogP contribution in [0.3, 0.4) is 0 Å². The predicted octanol–water partition coefficient (Wildman–Crippen LogP) is 0.663. The Morgan fingerprint density at radius 3 is 2.12 bits per heavy atom. The molecule has 0 bridgehead atoms. The van der Waals surface area contributed by atoms with Gasteiger partial charge in [0.15, 0.2) is 0 Å². The molecule has 0 aromatic heterocycles. The minimum atomic E-state index is 0. The summed E-state index contributed by atoms with van der Waals surface area (Å²) in [7, 11) is 1.77. The number of aliphatic hydroxyl groups excluding tert-OH is 1. The summed E-state index contributed by atoms with van der Waals surface area (Å²) in [6.45, 7) is 5.15. The van der Waals surface area contributed by atoms with Crippen molar-refractivity contribution >= 4 is 0 Å². The summed E-state index contributed by atoms with van der Waals surface area (Å²) in [4.78, 5) is 0. The first-order valence-electron chi connectivity index (χ1n) is 2.23. The maximum absolute atomic E-state index is 8.56. The number of likely N-dealkylation sites (N-methyl/N-ethyl adjacent to an activating group) is 1. The van der Waals surface area contributed by atoms with Crippen LogP contribution in [0.25, 0.3) is 0 Å². The Labute approximate surface area is 61.9 Å². The number of hydrogen-bond acceptors (Lipinski definition) is 2. The second-order valence-electron chi connectivity index (χ2n) is 1.50. The van der Waals surface area contributed by atoms with Gasteiger partial charge in [0.25, 0.3) is 0 Å². The Morgan fingerprint density at radius 2 is 2.12 bits per heavy atom. The first kappa shape index (κ1) is 11.0. The molecule has 0 fully saturated rings. The molecular weight excluding hydrogens is 141 g/mol. The van der Waals surface area contributed by atoms with E-state index in [1.165, 1.54) is 0 Å². The molecule has 0 spiro atoms. The SMILES string of the molecule is C=C(O)[C@H](C)NC.[V]. The van der Waals surface area contributed by atoms with Crippen molar-refractivity contribution in [1.82, 2.24) is 5.32 Å². The van der Waals surface area contributed by atoms with E-state index in [4.69, 9.17) is 5.11 Å². The molecule has 0 unspecified atom stereocenters. The van der Waals surface area contributed by atoms with Crippen molar-refractivity contribution in [2.75, 3.05) is 7.05 Å². The quantitative estimate of drug-likeness (QED) is 0.570. The molecule has 0 aromatic rings. The molecule has 8 heavy (non-hydrogen) atoms. The largest absolute Gasteiger partial charge is 0.511 e. The van der Waals surface area contributed by atoms with Crippen molar-refractivity contribution in [1.29, 1.82) is 0 Å². The third-order valence-corrected chi connectivity index (χ3v) is 0.933. The Balaban J connectivity index is 0. The van der Waals surface area contributed by atoms with E-state index in [-0.39, 0.29) is 30.4 Å². The first-order valence-corrected chi connectivity index (χ1v) is 2.23. The number of nitrogens with one attached hydrogen (secondary N) is 1. The minimum absolute atomic E-state index is 0. The maximum Gasteiger partial charge on any atom is 0.102 e. The fraction of sp³-hybridized carbons (Fsp3) is 0.600. The average Bonchev–Trinajstić information content (AvgIpc) is 1.65. The Kier molecular flexibility index (Phi) is 7.16. The van der Waals surface area contributed by atoms with E-state index < -0.39 is 0 Å². The van der Waals surface area contributed by atoms with Gasteiger partial charge in [-0.3, -0.25) is 0 Å². The van der Waals surface area contributed by atoms with E-state index in [1.807, 2.05) is 6.92 Å². The maximum atomic E-state index is 8.56. The van der Waals surface area contributed by atoms with Gasteiger partial charge in [0, 0.05) is 18.6 Å². The Hall–Kier alpha value is 0.0844. The number of rotatable bonds is 2. The molecular formula is C5H11NOV. The van der Waals surface area contributed by atoms with Crippen LogP contribution in [0.2, 0.25) is 0 Å². The van der Waals surface area contributed by atoms with Crippen molar-refractivity contribution in [3.63, 3.8) is 0 Å². The fourth-order valence-corrected chi connectivity index (χ4v) is 0.167. The second-order valence-corrected chi connectivity index (χ2v) is 1.50. The smallest absolute Gasteiger partial charge is 0.102 e. The van der Waals surface area contributed by atoms with E-state index in [9.17, 15) is 0 Å². The molecule has 2 nitrogen and oxygen atoms in total. The topological polar surface area (TPSA) is 32.3 Å². The summed E-state index contributed by atoms with van der Waals surface area (Å²) >= 11 is 0. The van der Waals surface area contributed by atoms with Gasteiger partial charge in [0.2, 0.25) is 0 Å². The molecule has 0 aliphatic heterocycles. The van der Waals surface area contributed by atoms with Gasteiger partial charge in [-0.1, -0.05) is 6.58 Å². The van der Waals surface area contributed by atoms with Crippen molar-refractivity contribution in [3.05, 3.63) is 12.3 Å². The van der Waals surface area contributed by atoms with Crippen LogP contribution in [0.5, 0.6) is 0 Å². The summed E-state index contributed by atoms with van der Waals surface area (Å²) in [5.74, 6) is 0.183. The van der Waals surface area contributed by atoms with Gasteiger partial charge in [-0.25, -0.2) is 0 Å². The van der Waals surface area contributed by atoms with Crippen molar-refractivity contribution in [3.8, 4) is 0 Å². The Morgan fingerprint density at radius 1 is 1.75 bits per heavy atom. The van der Waals surface area contributed by atoms with E-state index in [0.29, 0.717) is 0 Å². The Bertz CT molecular complexity index is 74.8. The van der Waals surface area contributed by atoms with Crippen molar-refractivity contribution in [2.24, 2.45) is 0 Å². The van der Waals surface area contributed by atoms with E-state index in [2.05, 4.69) is 11.9 Å². The predicted molar refractivity (Wildman–Crippen MR) is 30.3 cm³/mol.